The van der Waals surface area contributed by atoms with Crippen LogP contribution in [0.5, 0.6) is 0 Å². The number of phosphoric acid groups is 1. The molecule has 0 saturated carbocycles. The first-order valence-corrected chi connectivity index (χ1v) is 26.7. The minimum Gasteiger partial charge on any atom is -0.302 e. The van der Waals surface area contributed by atoms with Crippen LogP contribution >= 0.6 is 7.82 Å². The van der Waals surface area contributed by atoms with Crippen molar-refractivity contribution in [3.8, 4) is 0 Å². The first kappa shape index (κ1) is 57.4. The van der Waals surface area contributed by atoms with Crippen molar-refractivity contribution in [1.82, 2.24) is 0 Å². The van der Waals surface area contributed by atoms with Crippen molar-refractivity contribution < 1.29 is 28.1 Å². The second kappa shape index (κ2) is 47.5. The molecule has 0 aromatic carbocycles. The highest BCUT2D eigenvalue weighted by molar-refractivity contribution is 7.47. The van der Waals surface area contributed by atoms with Gasteiger partial charge >= 0.3 is 7.82 Å². The maximum Gasteiger partial charge on any atom is 0.472 e. The molecule has 0 aromatic heterocycles. The molecular weight excluding hydrogens is 752 g/mol. The van der Waals surface area contributed by atoms with E-state index in [4.69, 9.17) is 9.05 Å². The first-order chi connectivity index (χ1) is 28.9. The quantitative estimate of drug-likeness (QED) is 0.0284. The molecule has 0 fully saturated rings. The molecule has 7 heteroatoms. The lowest BCUT2D eigenvalue weighted by atomic mass is 10.1. The maximum atomic E-state index is 12.2. The zero-order valence-electron chi connectivity index (χ0n) is 38.8. The van der Waals surface area contributed by atoms with Crippen molar-refractivity contribution in [3.63, 3.8) is 0 Å². The van der Waals surface area contributed by atoms with E-state index in [2.05, 4.69) is 26.0 Å². The van der Waals surface area contributed by atoms with Gasteiger partial charge in [0.1, 0.15) is 0 Å². The van der Waals surface area contributed by atoms with Crippen LogP contribution in [0, 0.1) is 0 Å². The molecule has 0 aliphatic rings. The zero-order valence-corrected chi connectivity index (χ0v) is 39.7. The van der Waals surface area contributed by atoms with Gasteiger partial charge in [0.05, 0.1) is 13.2 Å². The fourth-order valence-electron chi connectivity index (χ4n) is 7.31. The van der Waals surface area contributed by atoms with Gasteiger partial charge in [-0.1, -0.05) is 230 Å². The molecule has 59 heavy (non-hydrogen) atoms. The smallest absolute Gasteiger partial charge is 0.302 e. The summed E-state index contributed by atoms with van der Waals surface area (Å²) in [6.45, 7) is 4.97. The van der Waals surface area contributed by atoms with E-state index in [1.807, 2.05) is 24.3 Å². The van der Waals surface area contributed by atoms with Crippen LogP contribution in [-0.4, -0.2) is 29.7 Å². The fraction of sp³-hybridized carbons (Fsp3) is 0.808. The molecule has 0 amide bonds. The lowest BCUT2D eigenvalue weighted by molar-refractivity contribution is -0.115. The molecule has 0 aliphatic carbocycles. The number of ketones is 2. The van der Waals surface area contributed by atoms with Crippen LogP contribution in [0.2, 0.25) is 0 Å². The van der Waals surface area contributed by atoms with Crippen molar-refractivity contribution in [3.05, 3.63) is 48.6 Å². The molecule has 0 bridgehead atoms. The predicted molar refractivity (Wildman–Crippen MR) is 255 cm³/mol. The Morgan fingerprint density at radius 2 is 0.661 bits per heavy atom. The summed E-state index contributed by atoms with van der Waals surface area (Å²) in [7, 11) is -4.00. The standard InChI is InChI=1S/C52H95O6P/c1-3-5-7-9-11-13-15-17-19-21-23-25-27-33-39-45-51(53)47-41-35-29-31-37-43-49-57-59(55,56)58-50-44-38-32-30-36-42-48-52(54)46-40-34-28-26-24-22-20-18-16-14-12-10-8-6-4-2/h27-28,33-34,39-40,45-46H,3-26,29-32,35-38,41-44,47-50H2,1-2H3,(H,55,56). The summed E-state index contributed by atoms with van der Waals surface area (Å²) in [4.78, 5) is 34.2. The Morgan fingerprint density at radius 1 is 0.390 bits per heavy atom. The third-order valence-electron chi connectivity index (χ3n) is 11.2. The summed E-state index contributed by atoms with van der Waals surface area (Å²) < 4.78 is 22.5. The van der Waals surface area contributed by atoms with E-state index in [0.29, 0.717) is 12.8 Å². The number of hydrogen-bond acceptors (Lipinski definition) is 5. The summed E-state index contributed by atoms with van der Waals surface area (Å²) in [6.07, 6.45) is 60.1. The highest BCUT2D eigenvalue weighted by Crippen LogP contribution is 2.43. The number of unbranched alkanes of at least 4 members (excludes halogenated alkanes) is 32. The number of hydrogen-bond donors (Lipinski definition) is 1. The van der Waals surface area contributed by atoms with Gasteiger partial charge in [0, 0.05) is 12.8 Å². The van der Waals surface area contributed by atoms with Gasteiger partial charge in [-0.05, 0) is 63.5 Å². The summed E-state index contributed by atoms with van der Waals surface area (Å²) in [6, 6.07) is 0. The van der Waals surface area contributed by atoms with Gasteiger partial charge in [0.15, 0.2) is 11.6 Å². The highest BCUT2D eigenvalue weighted by atomic mass is 31.2. The molecule has 0 aliphatic heterocycles. The van der Waals surface area contributed by atoms with Crippen molar-refractivity contribution in [1.29, 1.82) is 0 Å². The van der Waals surface area contributed by atoms with Gasteiger partial charge in [0.25, 0.3) is 0 Å². The van der Waals surface area contributed by atoms with Crippen LogP contribution in [-0.2, 0) is 23.2 Å². The Morgan fingerprint density at radius 3 is 0.983 bits per heavy atom. The van der Waals surface area contributed by atoms with Crippen LogP contribution < -0.4 is 0 Å². The Labute approximate surface area is 365 Å². The molecule has 6 nitrogen and oxygen atoms in total. The van der Waals surface area contributed by atoms with Gasteiger partial charge in [-0.2, -0.15) is 0 Å². The molecule has 0 rings (SSSR count). The van der Waals surface area contributed by atoms with E-state index < -0.39 is 7.82 Å². The lowest BCUT2D eigenvalue weighted by Gasteiger charge is -2.12. The molecule has 0 atom stereocenters. The summed E-state index contributed by atoms with van der Waals surface area (Å²) in [5.41, 5.74) is 0. The van der Waals surface area contributed by atoms with Crippen molar-refractivity contribution >= 4 is 19.4 Å². The van der Waals surface area contributed by atoms with Gasteiger partial charge in [-0.3, -0.25) is 18.6 Å². The Kier molecular flexibility index (Phi) is 46.2. The number of rotatable bonds is 48. The summed E-state index contributed by atoms with van der Waals surface area (Å²) >= 11 is 0. The Balaban J connectivity index is 3.52. The van der Waals surface area contributed by atoms with Crippen LogP contribution in [0.3, 0.4) is 0 Å². The average molecular weight is 847 g/mol. The topological polar surface area (TPSA) is 89.9 Å². The van der Waals surface area contributed by atoms with E-state index in [0.717, 1.165) is 89.9 Å². The minimum atomic E-state index is -4.00. The molecular formula is C52H95O6P. The third-order valence-corrected chi connectivity index (χ3v) is 12.2. The molecule has 344 valence electrons. The number of carbonyl (C=O) groups is 2. The lowest BCUT2D eigenvalue weighted by Crippen LogP contribution is -1.99. The molecule has 0 unspecified atom stereocenters. The molecule has 0 radical (unpaired) electrons. The number of phosphoric ester groups is 1. The van der Waals surface area contributed by atoms with Gasteiger partial charge in [0.2, 0.25) is 0 Å². The first-order valence-electron chi connectivity index (χ1n) is 25.2. The van der Waals surface area contributed by atoms with E-state index in [9.17, 15) is 19.0 Å². The molecule has 0 spiro atoms. The molecule has 0 heterocycles. The molecule has 0 aromatic rings. The van der Waals surface area contributed by atoms with Crippen LogP contribution in [0.1, 0.15) is 258 Å². The second-order valence-corrected chi connectivity index (χ2v) is 18.5. The number of allylic oxidation sites excluding steroid dienone is 8. The van der Waals surface area contributed by atoms with Gasteiger partial charge < -0.3 is 4.89 Å². The monoisotopic (exact) mass is 847 g/mol. The van der Waals surface area contributed by atoms with Gasteiger partial charge in [-0.25, -0.2) is 4.57 Å². The van der Waals surface area contributed by atoms with Crippen molar-refractivity contribution in [2.75, 3.05) is 13.2 Å². The van der Waals surface area contributed by atoms with E-state index >= 15 is 0 Å². The third kappa shape index (κ3) is 48.9. The van der Waals surface area contributed by atoms with Crippen LogP contribution in [0.4, 0.5) is 0 Å². The summed E-state index contributed by atoms with van der Waals surface area (Å²) in [5, 5.41) is 0. The Hall–Kier alpha value is -1.59. The second-order valence-electron chi connectivity index (χ2n) is 17.0. The van der Waals surface area contributed by atoms with Crippen molar-refractivity contribution in [2.24, 2.45) is 0 Å². The average Bonchev–Trinajstić information content (AvgIpc) is 3.22. The largest absolute Gasteiger partial charge is 0.472 e. The number of carbonyl (C=O) groups excluding carboxylic acids is 2. The SMILES string of the molecule is CCCCCCCCCCCCCC=CC=CC(=O)CCCCCCCCOP(=O)(O)OCCCCCCCCC(=O)C=CC=CCCCCCCCCCCCCC. The Bertz CT molecular complexity index is 999. The van der Waals surface area contributed by atoms with Crippen molar-refractivity contribution in [2.45, 2.75) is 258 Å². The van der Waals surface area contributed by atoms with Gasteiger partial charge in [-0.15, -0.1) is 0 Å². The normalized spacial score (nSPS) is 13.2. The van der Waals surface area contributed by atoms with E-state index in [1.54, 1.807) is 12.2 Å². The van der Waals surface area contributed by atoms with Crippen LogP contribution in [0.15, 0.2) is 48.6 Å². The van der Waals surface area contributed by atoms with Crippen LogP contribution in [0.25, 0.3) is 0 Å². The molecule has 0 saturated heterocycles. The fourth-order valence-corrected chi connectivity index (χ4v) is 8.10. The van der Waals surface area contributed by atoms with E-state index in [1.165, 1.54) is 141 Å². The summed E-state index contributed by atoms with van der Waals surface area (Å²) in [5.74, 6) is 0.382. The highest BCUT2D eigenvalue weighted by Gasteiger charge is 2.20. The molecule has 1 N–H and O–H groups in total. The minimum absolute atomic E-state index is 0.191. The predicted octanol–water partition coefficient (Wildman–Crippen LogP) is 17.3. The van der Waals surface area contributed by atoms with E-state index in [-0.39, 0.29) is 24.8 Å². The zero-order chi connectivity index (χ0) is 43.0. The maximum absolute atomic E-state index is 12.2.